The maximum atomic E-state index is 12.8. The first-order valence-electron chi connectivity index (χ1n) is 9.20. The van der Waals surface area contributed by atoms with Crippen LogP contribution in [0.5, 0.6) is 0 Å². The second-order valence-electron chi connectivity index (χ2n) is 8.62. The fourth-order valence-corrected chi connectivity index (χ4v) is 4.38. The molecule has 2 aliphatic rings. The van der Waals surface area contributed by atoms with Crippen molar-refractivity contribution in [2.75, 3.05) is 26.2 Å². The molecule has 0 saturated carbocycles. The zero-order valence-corrected chi connectivity index (χ0v) is 16.6. The third-order valence-corrected chi connectivity index (χ3v) is 5.45. The number of likely N-dealkylation sites (tertiary alicyclic amines) is 1. The van der Waals surface area contributed by atoms with E-state index in [-0.39, 0.29) is 34.5 Å². The van der Waals surface area contributed by atoms with E-state index in [4.69, 9.17) is 5.73 Å². The molecule has 0 atom stereocenters. The molecule has 7 heteroatoms. The van der Waals surface area contributed by atoms with Gasteiger partial charge in [-0.2, -0.15) is 5.26 Å². The molecule has 2 aliphatic heterocycles. The van der Waals surface area contributed by atoms with Crippen LogP contribution in [-0.2, 0) is 9.59 Å². The van der Waals surface area contributed by atoms with Crippen molar-refractivity contribution >= 4 is 11.8 Å². The van der Waals surface area contributed by atoms with Gasteiger partial charge in [-0.05, 0) is 40.5 Å². The summed E-state index contributed by atoms with van der Waals surface area (Å²) in [5.41, 5.74) is 5.86. The van der Waals surface area contributed by atoms with Crippen molar-refractivity contribution in [2.24, 2.45) is 5.73 Å². The molecule has 144 valence electrons. The molecular formula is C19H31N5O2. The molecule has 0 aliphatic carbocycles. The van der Waals surface area contributed by atoms with E-state index in [0.29, 0.717) is 26.2 Å². The summed E-state index contributed by atoms with van der Waals surface area (Å²) in [6, 6.07) is 2.19. The van der Waals surface area contributed by atoms with Crippen LogP contribution < -0.4 is 5.73 Å². The van der Waals surface area contributed by atoms with Gasteiger partial charge >= 0.3 is 0 Å². The maximum absolute atomic E-state index is 12.8. The molecular weight excluding hydrogens is 330 g/mol. The molecule has 26 heavy (non-hydrogen) atoms. The number of piperazine rings is 1. The van der Waals surface area contributed by atoms with Crippen LogP contribution in [0.3, 0.4) is 0 Å². The highest BCUT2D eigenvalue weighted by Gasteiger charge is 2.43. The summed E-state index contributed by atoms with van der Waals surface area (Å²) >= 11 is 0. The van der Waals surface area contributed by atoms with Crippen molar-refractivity contribution in [3.05, 3.63) is 11.8 Å². The molecule has 2 fully saturated rings. The summed E-state index contributed by atoms with van der Waals surface area (Å²) in [6.45, 7) is 11.8. The summed E-state index contributed by atoms with van der Waals surface area (Å²) in [7, 11) is 0. The Labute approximate surface area is 156 Å². The number of nitriles is 1. The fourth-order valence-electron chi connectivity index (χ4n) is 4.38. The highest BCUT2D eigenvalue weighted by molar-refractivity contribution is 5.97. The summed E-state index contributed by atoms with van der Waals surface area (Å²) < 4.78 is 0. The van der Waals surface area contributed by atoms with Crippen LogP contribution in [0.4, 0.5) is 0 Å². The number of piperidine rings is 1. The van der Waals surface area contributed by atoms with E-state index in [0.717, 1.165) is 12.8 Å². The molecule has 0 radical (unpaired) electrons. The Kier molecular flexibility index (Phi) is 5.67. The molecule has 0 aromatic carbocycles. The minimum Gasteiger partial charge on any atom is -0.366 e. The Morgan fingerprint density at radius 3 is 1.92 bits per heavy atom. The van der Waals surface area contributed by atoms with Crippen LogP contribution >= 0.6 is 0 Å². The van der Waals surface area contributed by atoms with Gasteiger partial charge in [0, 0.05) is 56.4 Å². The number of nitrogens with zero attached hydrogens (tertiary/aromatic N) is 4. The van der Waals surface area contributed by atoms with E-state index in [9.17, 15) is 14.9 Å². The Hall–Kier alpha value is -2.07. The lowest BCUT2D eigenvalue weighted by atomic mass is 9.77. The summed E-state index contributed by atoms with van der Waals surface area (Å²) in [4.78, 5) is 29.8. The van der Waals surface area contributed by atoms with E-state index < -0.39 is 0 Å². The molecule has 0 unspecified atom stereocenters. The van der Waals surface area contributed by atoms with Crippen LogP contribution in [-0.4, -0.2) is 69.8 Å². The van der Waals surface area contributed by atoms with Crippen LogP contribution in [0.25, 0.3) is 0 Å². The zero-order valence-electron chi connectivity index (χ0n) is 16.6. The summed E-state index contributed by atoms with van der Waals surface area (Å²) in [5, 5.41) is 9.61. The predicted octanol–water partition coefficient (Wildman–Crippen LogP) is 1.06. The van der Waals surface area contributed by atoms with Crippen molar-refractivity contribution in [1.82, 2.24) is 14.7 Å². The molecule has 2 saturated heterocycles. The highest BCUT2D eigenvalue weighted by atomic mass is 16.2. The average Bonchev–Trinajstić information content (AvgIpc) is 2.52. The quantitative estimate of drug-likeness (QED) is 0.586. The molecule has 2 heterocycles. The molecule has 0 bridgehead atoms. The van der Waals surface area contributed by atoms with Gasteiger partial charge in [-0.1, -0.05) is 0 Å². The van der Waals surface area contributed by atoms with Crippen molar-refractivity contribution in [3.63, 3.8) is 0 Å². The van der Waals surface area contributed by atoms with E-state index in [1.807, 2.05) is 0 Å². The average molecular weight is 361 g/mol. The van der Waals surface area contributed by atoms with Gasteiger partial charge in [0.05, 0.1) is 0 Å². The zero-order chi connectivity index (χ0) is 19.7. The molecule has 2 rings (SSSR count). The summed E-state index contributed by atoms with van der Waals surface area (Å²) in [6.07, 6.45) is 3.32. The van der Waals surface area contributed by atoms with Gasteiger partial charge in [0.15, 0.2) is 0 Å². The van der Waals surface area contributed by atoms with Gasteiger partial charge < -0.3 is 20.4 Å². The molecule has 7 nitrogen and oxygen atoms in total. The van der Waals surface area contributed by atoms with Gasteiger partial charge in [-0.15, -0.1) is 0 Å². The molecule has 2 amide bonds. The van der Waals surface area contributed by atoms with Gasteiger partial charge in [0.25, 0.3) is 5.91 Å². The Bertz CT molecular complexity index is 621. The summed E-state index contributed by atoms with van der Waals surface area (Å²) in [5.74, 6) is -0.251. The lowest BCUT2D eigenvalue weighted by Crippen LogP contribution is -2.61. The fraction of sp³-hybridized carbons (Fsp3) is 0.737. The van der Waals surface area contributed by atoms with E-state index in [2.05, 4.69) is 38.7 Å². The van der Waals surface area contributed by atoms with Gasteiger partial charge in [0.2, 0.25) is 5.91 Å². The molecule has 0 aromatic heterocycles. The molecule has 0 spiro atoms. The number of amides is 2. The van der Waals surface area contributed by atoms with Gasteiger partial charge in [0.1, 0.15) is 11.6 Å². The molecule has 2 N–H and O–H groups in total. The highest BCUT2D eigenvalue weighted by Crippen LogP contribution is 2.38. The van der Waals surface area contributed by atoms with Crippen LogP contribution in [0.1, 0.15) is 47.5 Å². The van der Waals surface area contributed by atoms with Crippen LogP contribution in [0, 0.1) is 11.3 Å². The van der Waals surface area contributed by atoms with Crippen molar-refractivity contribution in [1.29, 1.82) is 5.26 Å². The van der Waals surface area contributed by atoms with Gasteiger partial charge in [-0.3, -0.25) is 9.59 Å². The first kappa shape index (κ1) is 20.2. The third kappa shape index (κ3) is 4.18. The smallest absolute Gasteiger partial charge is 0.266 e. The van der Waals surface area contributed by atoms with E-state index in [1.165, 1.54) is 6.92 Å². The number of hydrogen-bond acceptors (Lipinski definition) is 5. The second kappa shape index (κ2) is 7.28. The number of carbonyl (C=O) groups excluding carboxylic acids is 2. The molecule has 0 aromatic rings. The topological polar surface area (TPSA) is 93.7 Å². The number of hydrogen-bond donors (Lipinski definition) is 1. The standard InChI is InChI=1S/C19H31N5O2/c1-14(25)22-6-8-23(9-7-22)17(26)15(12-20)13-24-18(2,3)10-16(21)11-19(24,4)5/h13,16H,6-11,21H2,1-5H3/b15-13-. The largest absolute Gasteiger partial charge is 0.366 e. The van der Waals surface area contributed by atoms with E-state index in [1.54, 1.807) is 16.0 Å². The lowest BCUT2D eigenvalue weighted by Gasteiger charge is -2.54. The SMILES string of the molecule is CC(=O)N1CCN(C(=O)/C(C#N)=C\N2C(C)(C)CC(N)CC2(C)C)CC1. The van der Waals surface area contributed by atoms with Crippen LogP contribution in [0.2, 0.25) is 0 Å². The van der Waals surface area contributed by atoms with Gasteiger partial charge in [-0.25, -0.2) is 0 Å². The second-order valence-corrected chi connectivity index (χ2v) is 8.62. The lowest BCUT2D eigenvalue weighted by molar-refractivity contribution is -0.136. The normalized spacial score (nSPS) is 23.6. The minimum atomic E-state index is -0.267. The Balaban J connectivity index is 2.20. The van der Waals surface area contributed by atoms with Crippen LogP contribution in [0.15, 0.2) is 11.8 Å². The third-order valence-electron chi connectivity index (χ3n) is 5.45. The van der Waals surface area contributed by atoms with Crippen molar-refractivity contribution in [2.45, 2.75) is 64.6 Å². The first-order chi connectivity index (χ1) is 12.0. The monoisotopic (exact) mass is 361 g/mol. The van der Waals surface area contributed by atoms with Crippen molar-refractivity contribution < 1.29 is 9.59 Å². The predicted molar refractivity (Wildman–Crippen MR) is 99.7 cm³/mol. The Morgan fingerprint density at radius 1 is 1.04 bits per heavy atom. The maximum Gasteiger partial charge on any atom is 0.266 e. The number of rotatable bonds is 2. The van der Waals surface area contributed by atoms with E-state index >= 15 is 0 Å². The number of nitrogens with two attached hydrogens (primary N) is 1. The first-order valence-corrected chi connectivity index (χ1v) is 9.20. The van der Waals surface area contributed by atoms with Crippen molar-refractivity contribution in [3.8, 4) is 6.07 Å². The number of carbonyl (C=O) groups is 2. The minimum absolute atomic E-state index is 0.0151. The Morgan fingerprint density at radius 2 is 1.50 bits per heavy atom.